The Morgan fingerprint density at radius 2 is 1.95 bits per heavy atom. The lowest BCUT2D eigenvalue weighted by molar-refractivity contribution is -0.116. The maximum Gasteiger partial charge on any atom is 0.251 e. The lowest BCUT2D eigenvalue weighted by atomic mass is 10.1. The number of benzene rings is 2. The monoisotopic (exact) mass is 310 g/mol. The zero-order valence-corrected chi connectivity index (χ0v) is 11.6. The topological polar surface area (TPSA) is 41.1 Å². The summed E-state index contributed by atoms with van der Waals surface area (Å²) in [5.74, 6) is -0.751. The third-order valence-electron chi connectivity index (χ3n) is 3.08. The second-order valence-electron chi connectivity index (χ2n) is 4.43. The van der Waals surface area contributed by atoms with Crippen LogP contribution in [0.15, 0.2) is 36.4 Å². The number of hydrogen-bond donors (Lipinski definition) is 2. The molecule has 1 aliphatic rings. The van der Waals surface area contributed by atoms with Gasteiger partial charge in [0.2, 0.25) is 0 Å². The molecule has 1 unspecified atom stereocenters. The van der Waals surface area contributed by atoms with E-state index in [0.29, 0.717) is 16.4 Å². The molecule has 20 heavy (non-hydrogen) atoms. The minimum absolute atomic E-state index is 0.0369. The molecule has 3 nitrogen and oxygen atoms in total. The number of carbonyl (C=O) groups is 1. The lowest BCUT2D eigenvalue weighted by Crippen LogP contribution is -2.19. The van der Waals surface area contributed by atoms with E-state index in [-0.39, 0.29) is 10.9 Å². The van der Waals surface area contributed by atoms with E-state index in [1.165, 1.54) is 12.1 Å². The van der Waals surface area contributed by atoms with E-state index < -0.39 is 11.9 Å². The first-order valence-corrected chi connectivity index (χ1v) is 6.62. The molecule has 2 N–H and O–H groups in total. The third kappa shape index (κ3) is 2.32. The molecule has 102 valence electrons. The molecule has 1 atom stereocenters. The summed E-state index contributed by atoms with van der Waals surface area (Å²) in [4.78, 5) is 12.0. The van der Waals surface area contributed by atoms with E-state index in [9.17, 15) is 9.18 Å². The van der Waals surface area contributed by atoms with Crippen molar-refractivity contribution in [1.82, 2.24) is 0 Å². The molecule has 0 saturated heterocycles. The summed E-state index contributed by atoms with van der Waals surface area (Å²) in [6.07, 6.45) is 0. The molecule has 0 bridgehead atoms. The van der Waals surface area contributed by atoms with E-state index in [4.69, 9.17) is 23.2 Å². The Hall–Kier alpha value is -1.78. The van der Waals surface area contributed by atoms with Crippen LogP contribution in [0.4, 0.5) is 15.8 Å². The van der Waals surface area contributed by atoms with Crippen LogP contribution in [0, 0.1) is 5.82 Å². The Bertz CT molecular complexity index is 706. The summed E-state index contributed by atoms with van der Waals surface area (Å²) in [5.41, 5.74) is 1.91. The highest BCUT2D eigenvalue weighted by molar-refractivity contribution is 6.31. The average molecular weight is 311 g/mol. The summed E-state index contributed by atoms with van der Waals surface area (Å²) >= 11 is 11.6. The van der Waals surface area contributed by atoms with Gasteiger partial charge >= 0.3 is 0 Å². The second-order valence-corrected chi connectivity index (χ2v) is 5.27. The third-order valence-corrected chi connectivity index (χ3v) is 3.62. The van der Waals surface area contributed by atoms with Crippen molar-refractivity contribution in [1.29, 1.82) is 0 Å². The first-order chi connectivity index (χ1) is 9.54. The van der Waals surface area contributed by atoms with Crippen molar-refractivity contribution < 1.29 is 9.18 Å². The molecule has 0 saturated carbocycles. The van der Waals surface area contributed by atoms with Gasteiger partial charge in [0, 0.05) is 22.0 Å². The van der Waals surface area contributed by atoms with Crippen molar-refractivity contribution in [3.8, 4) is 0 Å². The van der Waals surface area contributed by atoms with Crippen LogP contribution in [0.25, 0.3) is 0 Å². The fourth-order valence-electron chi connectivity index (χ4n) is 2.13. The number of fused-ring (bicyclic) bond motifs is 1. The Morgan fingerprint density at radius 1 is 1.15 bits per heavy atom. The summed E-state index contributed by atoms with van der Waals surface area (Å²) in [6.45, 7) is 0. The molecule has 0 radical (unpaired) electrons. The summed E-state index contributed by atoms with van der Waals surface area (Å²) < 4.78 is 13.4. The van der Waals surface area contributed by atoms with Gasteiger partial charge < -0.3 is 10.6 Å². The Balaban J connectivity index is 1.93. The number of anilines is 2. The quantitative estimate of drug-likeness (QED) is 0.871. The van der Waals surface area contributed by atoms with Gasteiger partial charge in [0.25, 0.3) is 5.91 Å². The van der Waals surface area contributed by atoms with Crippen molar-refractivity contribution in [3.63, 3.8) is 0 Å². The van der Waals surface area contributed by atoms with Gasteiger partial charge in [0.05, 0.1) is 5.02 Å². The minimum atomic E-state index is -0.607. The standard InChI is InChI=1S/C14H9Cl2FN2O/c15-7-1-4-12-9(5-7)13(14(20)19-12)18-8-2-3-10(16)11(17)6-8/h1-6,13,18H,(H,19,20). The minimum Gasteiger partial charge on any atom is -0.370 e. The van der Waals surface area contributed by atoms with Gasteiger partial charge in [-0.25, -0.2) is 4.39 Å². The van der Waals surface area contributed by atoms with Gasteiger partial charge in [0.1, 0.15) is 11.9 Å². The average Bonchev–Trinajstić information content (AvgIpc) is 2.70. The molecule has 1 amide bonds. The Kier molecular flexibility index (Phi) is 3.28. The van der Waals surface area contributed by atoms with Crippen molar-refractivity contribution in [2.24, 2.45) is 0 Å². The van der Waals surface area contributed by atoms with Gasteiger partial charge in [0.15, 0.2) is 0 Å². The predicted octanol–water partition coefficient (Wildman–Crippen LogP) is 4.24. The smallest absolute Gasteiger partial charge is 0.251 e. The van der Waals surface area contributed by atoms with Crippen LogP contribution in [-0.2, 0) is 4.79 Å². The lowest BCUT2D eigenvalue weighted by Gasteiger charge is -2.13. The molecular formula is C14H9Cl2FN2O. The number of hydrogen-bond acceptors (Lipinski definition) is 2. The predicted molar refractivity (Wildman–Crippen MR) is 77.9 cm³/mol. The Labute approximate surface area is 124 Å². The van der Waals surface area contributed by atoms with Crippen LogP contribution >= 0.6 is 23.2 Å². The zero-order valence-electron chi connectivity index (χ0n) is 10.1. The molecule has 6 heteroatoms. The summed E-state index contributed by atoms with van der Waals surface area (Å²) in [6, 6.07) is 8.83. The highest BCUT2D eigenvalue weighted by Crippen LogP contribution is 2.35. The first kappa shape index (κ1) is 13.2. The largest absolute Gasteiger partial charge is 0.370 e. The van der Waals surface area contributed by atoms with E-state index in [0.717, 1.165) is 5.56 Å². The molecule has 1 heterocycles. The van der Waals surface area contributed by atoms with Crippen LogP contribution < -0.4 is 10.6 Å². The molecule has 2 aromatic carbocycles. The molecular weight excluding hydrogens is 302 g/mol. The number of amides is 1. The number of nitrogens with one attached hydrogen (secondary N) is 2. The summed E-state index contributed by atoms with van der Waals surface area (Å²) in [7, 11) is 0. The highest BCUT2D eigenvalue weighted by atomic mass is 35.5. The second kappa shape index (κ2) is 4.96. The van der Waals surface area contributed by atoms with Crippen LogP contribution in [0.1, 0.15) is 11.6 Å². The van der Waals surface area contributed by atoms with E-state index >= 15 is 0 Å². The van der Waals surface area contributed by atoms with Gasteiger partial charge in [-0.2, -0.15) is 0 Å². The summed E-state index contributed by atoms with van der Waals surface area (Å²) in [5, 5.41) is 6.29. The molecule has 3 rings (SSSR count). The molecule has 0 aromatic heterocycles. The molecule has 1 aliphatic heterocycles. The number of rotatable bonds is 2. The maximum absolute atomic E-state index is 13.4. The first-order valence-electron chi connectivity index (χ1n) is 5.86. The van der Waals surface area contributed by atoms with Crippen molar-refractivity contribution in [3.05, 3.63) is 57.8 Å². The fourth-order valence-corrected chi connectivity index (χ4v) is 2.43. The highest BCUT2D eigenvalue weighted by Gasteiger charge is 2.30. The normalized spacial score (nSPS) is 16.8. The zero-order chi connectivity index (χ0) is 14.3. The van der Waals surface area contributed by atoms with E-state index in [1.54, 1.807) is 24.3 Å². The van der Waals surface area contributed by atoms with Crippen molar-refractivity contribution >= 4 is 40.5 Å². The maximum atomic E-state index is 13.4. The number of carbonyl (C=O) groups excluding carboxylic acids is 1. The van der Waals surface area contributed by atoms with Crippen LogP contribution in [0.2, 0.25) is 10.0 Å². The fraction of sp³-hybridized carbons (Fsp3) is 0.0714. The molecule has 2 aromatic rings. The SMILES string of the molecule is O=C1Nc2ccc(Cl)cc2C1Nc1ccc(Cl)c(F)c1. The van der Waals surface area contributed by atoms with Gasteiger partial charge in [-0.1, -0.05) is 23.2 Å². The van der Waals surface area contributed by atoms with Crippen LogP contribution in [0.3, 0.4) is 0 Å². The molecule has 0 spiro atoms. The Morgan fingerprint density at radius 3 is 2.70 bits per heavy atom. The van der Waals surface area contributed by atoms with Gasteiger partial charge in [-0.15, -0.1) is 0 Å². The molecule has 0 aliphatic carbocycles. The molecule has 0 fully saturated rings. The van der Waals surface area contributed by atoms with Crippen LogP contribution in [0.5, 0.6) is 0 Å². The van der Waals surface area contributed by atoms with Gasteiger partial charge in [-0.3, -0.25) is 4.79 Å². The number of halogens is 3. The van der Waals surface area contributed by atoms with E-state index in [2.05, 4.69) is 10.6 Å². The van der Waals surface area contributed by atoms with Crippen LogP contribution in [-0.4, -0.2) is 5.91 Å². The van der Waals surface area contributed by atoms with E-state index in [1.807, 2.05) is 0 Å². The van der Waals surface area contributed by atoms with Crippen molar-refractivity contribution in [2.75, 3.05) is 10.6 Å². The van der Waals surface area contributed by atoms with Crippen molar-refractivity contribution in [2.45, 2.75) is 6.04 Å². The van der Waals surface area contributed by atoms with Gasteiger partial charge in [-0.05, 0) is 36.4 Å².